The molecule has 37 heavy (non-hydrogen) atoms. The average Bonchev–Trinajstić information content (AvgIpc) is 3.61. The molecule has 1 aliphatic carbocycles. The zero-order valence-corrected chi connectivity index (χ0v) is 21.3. The third-order valence-corrected chi connectivity index (χ3v) is 8.37. The van der Waals surface area contributed by atoms with E-state index in [-0.39, 0.29) is 18.0 Å². The van der Waals surface area contributed by atoms with Crippen molar-refractivity contribution in [3.8, 4) is 28.3 Å². The Hall–Kier alpha value is -3.72. The van der Waals surface area contributed by atoms with Crippen molar-refractivity contribution >= 4 is 16.9 Å². The van der Waals surface area contributed by atoms with Gasteiger partial charge in [-0.2, -0.15) is 10.2 Å². The van der Waals surface area contributed by atoms with Gasteiger partial charge in [0, 0.05) is 43.0 Å². The second-order valence-electron chi connectivity index (χ2n) is 10.3. The lowest BCUT2D eigenvalue weighted by atomic mass is 9.99. The number of aromatic amines is 1. The number of carbonyl (C=O) groups excluding carboxylic acids is 1. The van der Waals surface area contributed by atoms with Crippen molar-refractivity contribution in [2.45, 2.75) is 44.7 Å². The fraction of sp³-hybridized carbons (Fsp3) is 0.429. The summed E-state index contributed by atoms with van der Waals surface area (Å²) in [5.41, 5.74) is 8.10. The van der Waals surface area contributed by atoms with Crippen LogP contribution in [0.25, 0.3) is 33.5 Å². The van der Waals surface area contributed by atoms with Gasteiger partial charge >= 0.3 is 0 Å². The lowest BCUT2D eigenvalue weighted by Gasteiger charge is -2.46. The molecule has 190 valence electrons. The van der Waals surface area contributed by atoms with Crippen LogP contribution in [0.15, 0.2) is 36.7 Å². The van der Waals surface area contributed by atoms with E-state index in [2.05, 4.69) is 45.3 Å². The maximum atomic E-state index is 12.8. The van der Waals surface area contributed by atoms with Crippen LogP contribution in [0, 0.1) is 0 Å². The number of aromatic nitrogens is 5. The molecule has 9 nitrogen and oxygen atoms in total. The summed E-state index contributed by atoms with van der Waals surface area (Å²) in [7, 11) is 1.69. The van der Waals surface area contributed by atoms with Crippen LogP contribution >= 0.6 is 0 Å². The first-order valence-electron chi connectivity index (χ1n) is 13.3. The monoisotopic (exact) mass is 497 g/mol. The van der Waals surface area contributed by atoms with Crippen molar-refractivity contribution in [3.05, 3.63) is 47.8 Å². The molecule has 3 aromatic heterocycles. The molecule has 1 N–H and O–H groups in total. The molecule has 0 radical (unpaired) electrons. The van der Waals surface area contributed by atoms with Crippen LogP contribution in [-0.2, 0) is 17.6 Å². The Kier molecular flexibility index (Phi) is 5.28. The van der Waals surface area contributed by atoms with Crippen LogP contribution < -0.4 is 4.74 Å². The Bertz CT molecular complexity index is 1500. The van der Waals surface area contributed by atoms with Crippen LogP contribution in [0.3, 0.4) is 0 Å². The fourth-order valence-electron chi connectivity index (χ4n) is 6.09. The van der Waals surface area contributed by atoms with E-state index in [9.17, 15) is 4.79 Å². The Morgan fingerprint density at radius 2 is 2.11 bits per heavy atom. The molecule has 0 unspecified atom stereocenters. The van der Waals surface area contributed by atoms with Crippen LogP contribution in [0.1, 0.15) is 36.9 Å². The van der Waals surface area contributed by atoms with Gasteiger partial charge in [-0.3, -0.25) is 19.5 Å². The van der Waals surface area contributed by atoms with Crippen molar-refractivity contribution in [3.63, 3.8) is 0 Å². The van der Waals surface area contributed by atoms with E-state index in [1.165, 1.54) is 17.5 Å². The number of ether oxygens (including phenoxy) is 1. The first kappa shape index (κ1) is 22.5. The van der Waals surface area contributed by atoms with E-state index in [0.717, 1.165) is 71.6 Å². The standard InChI is InChI=1S/C28H31N7O2/c1-3-33-11-10-23(33)28(36)34-15-19(16-34)35-14-18(13-29-35)25-27-22(31-32-25)12-24(37-2)26(30-27)21-9-5-7-17-6-4-8-20(17)21/h5,7,9,12-14,19,23H,3-4,6,8,10-11,15-16H2,1-2H3,(H,31,32)/t23-/m0/s1. The maximum absolute atomic E-state index is 12.8. The van der Waals surface area contributed by atoms with Crippen molar-refractivity contribution < 1.29 is 9.53 Å². The number of pyridine rings is 1. The number of fused-ring (bicyclic) bond motifs is 2. The summed E-state index contributed by atoms with van der Waals surface area (Å²) in [5, 5.41) is 12.4. The van der Waals surface area contributed by atoms with Crippen LogP contribution in [-0.4, -0.2) is 80.0 Å². The molecule has 2 fully saturated rings. The van der Waals surface area contributed by atoms with E-state index >= 15 is 0 Å². The minimum atomic E-state index is 0.0673. The van der Waals surface area contributed by atoms with E-state index in [1.807, 2.05) is 28.0 Å². The predicted octanol–water partition coefficient (Wildman–Crippen LogP) is 3.46. The molecule has 9 heteroatoms. The van der Waals surface area contributed by atoms with Gasteiger partial charge in [-0.25, -0.2) is 4.98 Å². The number of aryl methyl sites for hydroxylation is 1. The summed E-state index contributed by atoms with van der Waals surface area (Å²) < 4.78 is 7.72. The highest BCUT2D eigenvalue weighted by atomic mass is 16.5. The molecule has 1 aromatic carbocycles. The van der Waals surface area contributed by atoms with Crippen LogP contribution in [0.5, 0.6) is 5.75 Å². The van der Waals surface area contributed by atoms with E-state index in [4.69, 9.17) is 9.72 Å². The number of likely N-dealkylation sites (tertiary alicyclic amines) is 2. The average molecular weight is 498 g/mol. The molecule has 2 saturated heterocycles. The van der Waals surface area contributed by atoms with Gasteiger partial charge in [-0.05, 0) is 43.4 Å². The second kappa shape index (κ2) is 8.69. The Morgan fingerprint density at radius 3 is 2.89 bits per heavy atom. The smallest absolute Gasteiger partial charge is 0.240 e. The summed E-state index contributed by atoms with van der Waals surface area (Å²) >= 11 is 0. The number of rotatable bonds is 6. The van der Waals surface area contributed by atoms with Crippen LogP contribution in [0.2, 0.25) is 0 Å². The highest BCUT2D eigenvalue weighted by molar-refractivity contribution is 5.93. The van der Waals surface area contributed by atoms with Gasteiger partial charge < -0.3 is 9.64 Å². The molecule has 0 spiro atoms. The van der Waals surface area contributed by atoms with Gasteiger partial charge in [0.25, 0.3) is 0 Å². The third-order valence-electron chi connectivity index (χ3n) is 8.37. The minimum Gasteiger partial charge on any atom is -0.494 e. The lowest BCUT2D eigenvalue weighted by molar-refractivity contribution is -0.147. The number of hydrogen-bond donors (Lipinski definition) is 1. The Balaban J connectivity index is 1.16. The van der Waals surface area contributed by atoms with Crippen molar-refractivity contribution in [2.75, 3.05) is 33.3 Å². The molecule has 1 amide bonds. The van der Waals surface area contributed by atoms with Crippen molar-refractivity contribution in [2.24, 2.45) is 0 Å². The highest BCUT2D eigenvalue weighted by Crippen LogP contribution is 2.39. The molecule has 7 rings (SSSR count). The number of likely N-dealkylation sites (N-methyl/N-ethyl adjacent to an activating group) is 1. The summed E-state index contributed by atoms with van der Waals surface area (Å²) in [6, 6.07) is 8.72. The largest absolute Gasteiger partial charge is 0.494 e. The summed E-state index contributed by atoms with van der Waals surface area (Å²) in [6.07, 6.45) is 8.20. The van der Waals surface area contributed by atoms with E-state index < -0.39 is 0 Å². The Morgan fingerprint density at radius 1 is 1.22 bits per heavy atom. The molecule has 4 aromatic rings. The molecular formula is C28H31N7O2. The molecular weight excluding hydrogens is 466 g/mol. The number of carbonyl (C=O) groups is 1. The number of nitrogens with zero attached hydrogens (tertiary/aromatic N) is 6. The third kappa shape index (κ3) is 3.55. The lowest BCUT2D eigenvalue weighted by Crippen LogP contribution is -2.61. The van der Waals surface area contributed by atoms with Gasteiger partial charge in [0.2, 0.25) is 5.91 Å². The van der Waals surface area contributed by atoms with Crippen LogP contribution in [0.4, 0.5) is 0 Å². The van der Waals surface area contributed by atoms with E-state index in [0.29, 0.717) is 13.1 Å². The zero-order chi connectivity index (χ0) is 25.1. The molecule has 1 atom stereocenters. The van der Waals surface area contributed by atoms with Gasteiger partial charge in [0.05, 0.1) is 30.9 Å². The number of hydrogen-bond acceptors (Lipinski definition) is 6. The van der Waals surface area contributed by atoms with Crippen molar-refractivity contribution in [1.29, 1.82) is 0 Å². The van der Waals surface area contributed by atoms with E-state index in [1.54, 1.807) is 7.11 Å². The van der Waals surface area contributed by atoms with Gasteiger partial charge in [0.15, 0.2) is 0 Å². The van der Waals surface area contributed by atoms with Crippen molar-refractivity contribution in [1.82, 2.24) is 34.8 Å². The zero-order valence-electron chi connectivity index (χ0n) is 21.3. The summed E-state index contributed by atoms with van der Waals surface area (Å²) in [4.78, 5) is 22.1. The molecule has 5 heterocycles. The minimum absolute atomic E-state index is 0.0673. The fourth-order valence-corrected chi connectivity index (χ4v) is 6.09. The number of amides is 1. The number of H-pyrrole nitrogens is 1. The Labute approximate surface area is 215 Å². The topological polar surface area (TPSA) is 92.2 Å². The van der Waals surface area contributed by atoms with Gasteiger partial charge in [-0.15, -0.1) is 0 Å². The normalized spacial score (nSPS) is 19.6. The van der Waals surface area contributed by atoms with Gasteiger partial charge in [0.1, 0.15) is 22.7 Å². The molecule has 3 aliphatic rings. The SMILES string of the molecule is CCN1CC[C@H]1C(=O)N1CC(n2cc(-c3n[nH]c4cc(OC)c(-c5cccc6c5CCC6)nc34)cn2)C1. The molecule has 0 saturated carbocycles. The second-order valence-corrected chi connectivity index (χ2v) is 10.3. The van der Waals surface area contributed by atoms with Gasteiger partial charge in [-0.1, -0.05) is 25.1 Å². The maximum Gasteiger partial charge on any atom is 0.240 e. The number of benzene rings is 1. The number of methoxy groups -OCH3 is 1. The molecule has 2 aliphatic heterocycles. The first-order chi connectivity index (χ1) is 18.1. The quantitative estimate of drug-likeness (QED) is 0.439. The molecule has 0 bridgehead atoms. The summed E-state index contributed by atoms with van der Waals surface area (Å²) in [5.74, 6) is 0.999. The predicted molar refractivity (Wildman–Crippen MR) is 140 cm³/mol. The first-order valence-corrected chi connectivity index (χ1v) is 13.3. The number of nitrogens with one attached hydrogen (secondary N) is 1. The highest BCUT2D eigenvalue weighted by Gasteiger charge is 2.41. The summed E-state index contributed by atoms with van der Waals surface area (Å²) in [6.45, 7) is 5.48.